The third-order valence-corrected chi connectivity index (χ3v) is 3.75. The van der Waals surface area contributed by atoms with Crippen molar-refractivity contribution in [1.29, 1.82) is 0 Å². The second-order valence-electron chi connectivity index (χ2n) is 5.54. The molecule has 2 rings (SSSR count). The minimum absolute atomic E-state index is 0.165. The number of rotatable bonds is 7. The van der Waals surface area contributed by atoms with Gasteiger partial charge in [0.2, 0.25) is 0 Å². The van der Waals surface area contributed by atoms with Gasteiger partial charge in [0.05, 0.1) is 6.21 Å². The van der Waals surface area contributed by atoms with E-state index in [4.69, 9.17) is 0 Å². The molecule has 8 heteroatoms. The number of hydrogen-bond donors (Lipinski definition) is 1. The van der Waals surface area contributed by atoms with E-state index in [1.165, 1.54) is 18.3 Å². The number of hydrogen-bond acceptors (Lipinski definition) is 4. The van der Waals surface area contributed by atoms with Crippen molar-refractivity contribution in [1.82, 2.24) is 5.43 Å². The maximum absolute atomic E-state index is 12.1. The predicted molar refractivity (Wildman–Crippen MR) is 98.2 cm³/mol. The maximum Gasteiger partial charge on any atom is 0.573 e. The molecule has 0 saturated heterocycles. The minimum atomic E-state index is -4.77. The van der Waals surface area contributed by atoms with Gasteiger partial charge in [-0.05, 0) is 55.8 Å². The fourth-order valence-corrected chi connectivity index (χ4v) is 2.40. The van der Waals surface area contributed by atoms with Gasteiger partial charge in [-0.1, -0.05) is 12.1 Å². The lowest BCUT2D eigenvalue weighted by atomic mass is 10.2. The molecule has 144 valence electrons. The fraction of sp³-hybridized carbons (Fsp3) is 0.263. The number of alkyl halides is 3. The zero-order valence-corrected chi connectivity index (χ0v) is 15.0. The van der Waals surface area contributed by atoms with Crippen LogP contribution in [0.5, 0.6) is 5.75 Å². The summed E-state index contributed by atoms with van der Waals surface area (Å²) in [7, 11) is 0. The third-order valence-electron chi connectivity index (χ3n) is 3.75. The minimum Gasteiger partial charge on any atom is -0.406 e. The van der Waals surface area contributed by atoms with Crippen LogP contribution < -0.4 is 15.1 Å². The summed E-state index contributed by atoms with van der Waals surface area (Å²) in [5.41, 5.74) is 4.40. The van der Waals surface area contributed by atoms with Crippen LogP contribution in [0, 0.1) is 0 Å². The lowest BCUT2D eigenvalue weighted by Gasteiger charge is -2.20. The Morgan fingerprint density at radius 2 is 1.67 bits per heavy atom. The predicted octanol–water partition coefficient (Wildman–Crippen LogP) is 4.20. The van der Waals surface area contributed by atoms with Gasteiger partial charge in [-0.15, -0.1) is 13.2 Å². The van der Waals surface area contributed by atoms with Crippen LogP contribution in [0.25, 0.3) is 0 Å². The molecule has 2 aromatic carbocycles. The van der Waals surface area contributed by atoms with Crippen molar-refractivity contribution in [2.24, 2.45) is 5.10 Å². The summed E-state index contributed by atoms with van der Waals surface area (Å²) >= 11 is 0. The van der Waals surface area contributed by atoms with Crippen LogP contribution in [0.3, 0.4) is 0 Å². The summed E-state index contributed by atoms with van der Waals surface area (Å²) < 4.78 is 40.1. The lowest BCUT2D eigenvalue weighted by molar-refractivity contribution is -0.274. The molecule has 0 fully saturated rings. The molecule has 0 aliphatic carbocycles. The standard InChI is InChI=1S/C19H20F3N3O2/c1-3-25(4-2)16-9-5-14(6-10-16)13-23-24-18(26)15-7-11-17(12-8-15)27-19(20,21)22/h5-13H,3-4H2,1-2H3,(H,24,26)/b23-13+. The molecule has 1 N–H and O–H groups in total. The molecule has 0 atom stereocenters. The highest BCUT2D eigenvalue weighted by Crippen LogP contribution is 2.22. The molecule has 0 saturated carbocycles. The van der Waals surface area contributed by atoms with Crippen LogP contribution >= 0.6 is 0 Å². The van der Waals surface area contributed by atoms with Gasteiger partial charge in [0, 0.05) is 24.3 Å². The van der Waals surface area contributed by atoms with E-state index >= 15 is 0 Å². The van der Waals surface area contributed by atoms with Crippen LogP contribution in [-0.2, 0) is 0 Å². The highest BCUT2D eigenvalue weighted by atomic mass is 19.4. The van der Waals surface area contributed by atoms with E-state index in [1.54, 1.807) is 0 Å². The van der Waals surface area contributed by atoms with Gasteiger partial charge in [-0.2, -0.15) is 5.10 Å². The van der Waals surface area contributed by atoms with Crippen molar-refractivity contribution in [2.45, 2.75) is 20.2 Å². The SMILES string of the molecule is CCN(CC)c1ccc(/C=N/NC(=O)c2ccc(OC(F)(F)F)cc2)cc1. The first-order valence-electron chi connectivity index (χ1n) is 8.36. The summed E-state index contributed by atoms with van der Waals surface area (Å²) in [5.74, 6) is -0.930. The first-order valence-corrected chi connectivity index (χ1v) is 8.36. The van der Waals surface area contributed by atoms with E-state index in [9.17, 15) is 18.0 Å². The number of anilines is 1. The van der Waals surface area contributed by atoms with Crippen LogP contribution in [0.1, 0.15) is 29.8 Å². The number of ether oxygens (including phenoxy) is 1. The smallest absolute Gasteiger partial charge is 0.406 e. The number of carbonyl (C=O) groups excluding carboxylic acids is 1. The molecule has 1 amide bonds. The highest BCUT2D eigenvalue weighted by Gasteiger charge is 2.31. The third kappa shape index (κ3) is 6.32. The van der Waals surface area contributed by atoms with Crippen molar-refractivity contribution >= 4 is 17.8 Å². The molecule has 0 bridgehead atoms. The van der Waals surface area contributed by atoms with Crippen LogP contribution in [0.4, 0.5) is 18.9 Å². The van der Waals surface area contributed by atoms with E-state index in [1.807, 2.05) is 24.3 Å². The topological polar surface area (TPSA) is 53.9 Å². The monoisotopic (exact) mass is 379 g/mol. The number of hydrazone groups is 1. The molecule has 27 heavy (non-hydrogen) atoms. The summed E-state index contributed by atoms with van der Waals surface area (Å²) in [6, 6.07) is 12.3. The zero-order valence-electron chi connectivity index (χ0n) is 15.0. The van der Waals surface area contributed by atoms with Crippen LogP contribution in [-0.4, -0.2) is 31.6 Å². The molecule has 5 nitrogen and oxygen atoms in total. The average Bonchev–Trinajstić information content (AvgIpc) is 2.63. The summed E-state index contributed by atoms with van der Waals surface area (Å²) in [4.78, 5) is 14.2. The van der Waals surface area contributed by atoms with Crippen LogP contribution in [0.2, 0.25) is 0 Å². The Morgan fingerprint density at radius 3 is 2.19 bits per heavy atom. The van der Waals surface area contributed by atoms with Crippen molar-refractivity contribution < 1.29 is 22.7 Å². The van der Waals surface area contributed by atoms with Crippen molar-refractivity contribution in [3.63, 3.8) is 0 Å². The largest absolute Gasteiger partial charge is 0.573 e. The second kappa shape index (κ2) is 9.07. The zero-order chi connectivity index (χ0) is 19.9. The molecular weight excluding hydrogens is 359 g/mol. The molecule has 0 heterocycles. The number of amides is 1. The lowest BCUT2D eigenvalue weighted by Crippen LogP contribution is -2.21. The molecule has 2 aromatic rings. The van der Waals surface area contributed by atoms with E-state index < -0.39 is 18.0 Å². The van der Waals surface area contributed by atoms with Gasteiger partial charge in [0.15, 0.2) is 0 Å². The number of nitrogens with one attached hydrogen (secondary N) is 1. The van der Waals surface area contributed by atoms with Gasteiger partial charge in [-0.25, -0.2) is 5.43 Å². The van der Waals surface area contributed by atoms with Gasteiger partial charge < -0.3 is 9.64 Å². The highest BCUT2D eigenvalue weighted by molar-refractivity contribution is 5.95. The normalized spacial score (nSPS) is 11.4. The maximum atomic E-state index is 12.1. The van der Waals surface area contributed by atoms with Crippen molar-refractivity contribution in [3.8, 4) is 5.75 Å². The quantitative estimate of drug-likeness (QED) is 0.580. The molecule has 0 aromatic heterocycles. The average molecular weight is 379 g/mol. The Labute approximate surface area is 155 Å². The van der Waals surface area contributed by atoms with E-state index in [2.05, 4.69) is 34.0 Å². The summed E-state index contributed by atoms with van der Waals surface area (Å²) in [6.45, 7) is 5.98. The van der Waals surface area contributed by atoms with E-state index in [-0.39, 0.29) is 5.56 Å². The van der Waals surface area contributed by atoms with Crippen molar-refractivity contribution in [2.75, 3.05) is 18.0 Å². The molecule has 0 unspecified atom stereocenters. The number of halogens is 3. The molecule has 0 aliphatic rings. The molecular formula is C19H20F3N3O2. The Morgan fingerprint density at radius 1 is 1.07 bits per heavy atom. The molecule has 0 spiro atoms. The Kier molecular flexibility index (Phi) is 6.81. The summed E-state index contributed by atoms with van der Waals surface area (Å²) in [5, 5.41) is 3.87. The Bertz CT molecular complexity index is 768. The van der Waals surface area contributed by atoms with E-state index in [0.29, 0.717) is 0 Å². The van der Waals surface area contributed by atoms with Crippen LogP contribution in [0.15, 0.2) is 53.6 Å². The first-order chi connectivity index (χ1) is 12.8. The Balaban J connectivity index is 1.93. The van der Waals surface area contributed by atoms with Gasteiger partial charge in [0.25, 0.3) is 5.91 Å². The van der Waals surface area contributed by atoms with Gasteiger partial charge in [-0.3, -0.25) is 4.79 Å². The van der Waals surface area contributed by atoms with Gasteiger partial charge in [0.1, 0.15) is 5.75 Å². The van der Waals surface area contributed by atoms with Gasteiger partial charge >= 0.3 is 6.36 Å². The number of carbonyl (C=O) groups is 1. The molecule has 0 radical (unpaired) electrons. The Hall–Kier alpha value is -3.03. The van der Waals surface area contributed by atoms with E-state index in [0.717, 1.165) is 36.5 Å². The first kappa shape index (κ1) is 20.3. The fourth-order valence-electron chi connectivity index (χ4n) is 2.40. The second-order valence-corrected chi connectivity index (χ2v) is 5.54. The van der Waals surface area contributed by atoms with Crippen molar-refractivity contribution in [3.05, 3.63) is 59.7 Å². The molecule has 0 aliphatic heterocycles. The summed E-state index contributed by atoms with van der Waals surface area (Å²) in [6.07, 6.45) is -3.28. The number of benzene rings is 2. The number of nitrogens with zero attached hydrogens (tertiary/aromatic N) is 2.